The first-order valence-electron chi connectivity index (χ1n) is 8.96. The number of nitrogen functional groups attached to an aromatic ring is 1. The monoisotopic (exact) mass is 382 g/mol. The van der Waals surface area contributed by atoms with Crippen LogP contribution in [0, 0.1) is 5.92 Å². The van der Waals surface area contributed by atoms with Crippen LogP contribution >= 0.6 is 12.4 Å². The summed E-state index contributed by atoms with van der Waals surface area (Å²) in [5.74, 6) is 1.59. The Labute approximate surface area is 159 Å². The van der Waals surface area contributed by atoms with E-state index in [1.807, 2.05) is 0 Å². The van der Waals surface area contributed by atoms with Gasteiger partial charge in [0.05, 0.1) is 12.6 Å². The second-order valence-electron chi connectivity index (χ2n) is 6.85. The number of aromatic nitrogens is 2. The van der Waals surface area contributed by atoms with Crippen LogP contribution in [0.1, 0.15) is 32.6 Å². The number of nitrogens with zero attached hydrogens (tertiary/aromatic N) is 4. The fourth-order valence-corrected chi connectivity index (χ4v) is 3.72. The van der Waals surface area contributed by atoms with E-state index < -0.39 is 0 Å². The van der Waals surface area contributed by atoms with Crippen molar-refractivity contribution in [2.24, 2.45) is 5.92 Å². The lowest BCUT2D eigenvalue weighted by Gasteiger charge is -2.21. The molecule has 2 aliphatic rings. The Bertz CT molecular complexity index is 643. The Morgan fingerprint density at radius 1 is 1.38 bits per heavy atom. The molecule has 3 rings (SSSR count). The van der Waals surface area contributed by atoms with Gasteiger partial charge in [-0.2, -0.15) is 0 Å². The number of rotatable bonds is 6. The summed E-state index contributed by atoms with van der Waals surface area (Å²) in [6.07, 6.45) is 4.95. The molecular weight excluding hydrogens is 356 g/mol. The van der Waals surface area contributed by atoms with Crippen molar-refractivity contribution >= 4 is 35.9 Å². The number of halogens is 1. The van der Waals surface area contributed by atoms with E-state index in [0.29, 0.717) is 31.2 Å². The van der Waals surface area contributed by atoms with Gasteiger partial charge in [0, 0.05) is 32.1 Å². The van der Waals surface area contributed by atoms with Crippen molar-refractivity contribution in [1.82, 2.24) is 20.2 Å². The van der Waals surface area contributed by atoms with E-state index in [4.69, 9.17) is 5.73 Å². The van der Waals surface area contributed by atoms with Crippen molar-refractivity contribution in [3.05, 3.63) is 12.4 Å². The molecule has 2 amide bonds. The maximum absolute atomic E-state index is 12.4. The molecule has 0 unspecified atom stereocenters. The van der Waals surface area contributed by atoms with Crippen LogP contribution < -0.4 is 16.0 Å². The molecule has 8 nitrogen and oxygen atoms in total. The van der Waals surface area contributed by atoms with Crippen LogP contribution in [0.25, 0.3) is 0 Å². The fourth-order valence-electron chi connectivity index (χ4n) is 3.72. The van der Waals surface area contributed by atoms with Gasteiger partial charge in [0.15, 0.2) is 0 Å². The number of hydrogen-bond donors (Lipinski definition) is 2. The van der Waals surface area contributed by atoms with E-state index in [-0.39, 0.29) is 36.8 Å². The Morgan fingerprint density at radius 2 is 2.19 bits per heavy atom. The Kier molecular flexibility index (Phi) is 7.02. The third-order valence-electron chi connectivity index (χ3n) is 4.95. The standard InChI is InChI=1S/C17H26N6O2.ClH/c1-2-4-12-8-23(15-7-14(18)19-11-20-15)9-13(12)21-16(24)10-22-6-3-5-17(22)25;/h7,11-13H,2-6,8-10H2,1H3,(H,21,24)(H2,18,19,20);1H/t12-,13-;/m0./s1. The van der Waals surface area contributed by atoms with Crippen LogP contribution in [0.3, 0.4) is 0 Å². The lowest BCUT2D eigenvalue weighted by molar-refractivity contribution is -0.133. The van der Waals surface area contributed by atoms with E-state index in [2.05, 4.69) is 27.1 Å². The fraction of sp³-hybridized carbons (Fsp3) is 0.647. The highest BCUT2D eigenvalue weighted by Gasteiger charge is 2.34. The molecule has 0 bridgehead atoms. The zero-order chi connectivity index (χ0) is 17.8. The molecule has 0 aliphatic carbocycles. The summed E-state index contributed by atoms with van der Waals surface area (Å²) in [4.78, 5) is 36.1. The molecule has 2 atom stereocenters. The minimum absolute atomic E-state index is 0. The Hall–Kier alpha value is -2.09. The van der Waals surface area contributed by atoms with Gasteiger partial charge in [-0.05, 0) is 18.8 Å². The average molecular weight is 383 g/mol. The normalized spacial score (nSPS) is 22.4. The molecule has 1 aromatic rings. The number of nitrogens with two attached hydrogens (primary N) is 1. The topological polar surface area (TPSA) is 104 Å². The van der Waals surface area contributed by atoms with Gasteiger partial charge < -0.3 is 20.9 Å². The van der Waals surface area contributed by atoms with Gasteiger partial charge >= 0.3 is 0 Å². The van der Waals surface area contributed by atoms with Crippen molar-refractivity contribution < 1.29 is 9.59 Å². The minimum Gasteiger partial charge on any atom is -0.384 e. The summed E-state index contributed by atoms with van der Waals surface area (Å²) in [6.45, 7) is 4.52. The quantitative estimate of drug-likeness (QED) is 0.754. The van der Waals surface area contributed by atoms with Crippen LogP contribution in [-0.4, -0.2) is 58.9 Å². The summed E-state index contributed by atoms with van der Waals surface area (Å²) < 4.78 is 0. The van der Waals surface area contributed by atoms with Crippen LogP contribution in [0.4, 0.5) is 11.6 Å². The largest absolute Gasteiger partial charge is 0.384 e. The van der Waals surface area contributed by atoms with Crippen LogP contribution in [0.5, 0.6) is 0 Å². The molecule has 2 saturated heterocycles. The third-order valence-corrected chi connectivity index (χ3v) is 4.95. The lowest BCUT2D eigenvalue weighted by Crippen LogP contribution is -2.45. The Morgan fingerprint density at radius 3 is 2.85 bits per heavy atom. The maximum atomic E-state index is 12.4. The molecule has 144 valence electrons. The molecule has 0 saturated carbocycles. The smallest absolute Gasteiger partial charge is 0.239 e. The first-order chi connectivity index (χ1) is 12.1. The molecule has 2 fully saturated rings. The molecule has 1 aromatic heterocycles. The zero-order valence-corrected chi connectivity index (χ0v) is 15.9. The number of nitrogens with one attached hydrogen (secondary N) is 1. The molecule has 26 heavy (non-hydrogen) atoms. The van der Waals surface area contributed by atoms with Crippen molar-refractivity contribution in [2.45, 2.75) is 38.6 Å². The minimum atomic E-state index is -0.0783. The summed E-state index contributed by atoms with van der Waals surface area (Å²) in [7, 11) is 0. The van der Waals surface area contributed by atoms with E-state index in [1.165, 1.54) is 6.33 Å². The first kappa shape index (κ1) is 20.2. The van der Waals surface area contributed by atoms with Gasteiger partial charge in [0.25, 0.3) is 0 Å². The molecule has 2 aliphatic heterocycles. The number of carbonyl (C=O) groups excluding carboxylic acids is 2. The highest BCUT2D eigenvalue weighted by molar-refractivity contribution is 5.86. The van der Waals surface area contributed by atoms with Gasteiger partial charge in [0.1, 0.15) is 18.0 Å². The summed E-state index contributed by atoms with van der Waals surface area (Å²) in [5, 5.41) is 3.13. The van der Waals surface area contributed by atoms with Crippen LogP contribution in [0.15, 0.2) is 12.4 Å². The number of carbonyl (C=O) groups is 2. The summed E-state index contributed by atoms with van der Waals surface area (Å²) in [6, 6.07) is 1.82. The number of likely N-dealkylation sites (tertiary alicyclic amines) is 1. The molecule has 3 N–H and O–H groups in total. The SMILES string of the molecule is CCC[C@H]1CN(c2cc(N)ncn2)C[C@@H]1NC(=O)CN1CCCC1=O.Cl. The van der Waals surface area contributed by atoms with E-state index in [1.54, 1.807) is 11.0 Å². The molecule has 0 spiro atoms. The lowest BCUT2D eigenvalue weighted by atomic mass is 9.98. The molecule has 0 aromatic carbocycles. The van der Waals surface area contributed by atoms with Gasteiger partial charge in [-0.15, -0.1) is 12.4 Å². The van der Waals surface area contributed by atoms with E-state index in [0.717, 1.165) is 31.6 Å². The second kappa shape index (κ2) is 9.02. The number of hydrogen-bond acceptors (Lipinski definition) is 6. The van der Waals surface area contributed by atoms with Gasteiger partial charge in [-0.1, -0.05) is 13.3 Å². The van der Waals surface area contributed by atoms with E-state index >= 15 is 0 Å². The van der Waals surface area contributed by atoms with Gasteiger partial charge in [-0.3, -0.25) is 9.59 Å². The van der Waals surface area contributed by atoms with Crippen LogP contribution in [-0.2, 0) is 9.59 Å². The maximum Gasteiger partial charge on any atom is 0.239 e. The molecule has 3 heterocycles. The van der Waals surface area contributed by atoms with Crippen molar-refractivity contribution in [3.63, 3.8) is 0 Å². The molecule has 0 radical (unpaired) electrons. The van der Waals surface area contributed by atoms with E-state index in [9.17, 15) is 9.59 Å². The summed E-state index contributed by atoms with van der Waals surface area (Å²) in [5.41, 5.74) is 5.75. The number of amides is 2. The van der Waals surface area contributed by atoms with Gasteiger partial charge in [-0.25, -0.2) is 9.97 Å². The predicted octanol–water partition coefficient (Wildman–Crippen LogP) is 0.824. The summed E-state index contributed by atoms with van der Waals surface area (Å²) >= 11 is 0. The highest BCUT2D eigenvalue weighted by atomic mass is 35.5. The number of anilines is 2. The Balaban J connectivity index is 0.00000243. The second-order valence-corrected chi connectivity index (χ2v) is 6.85. The van der Waals surface area contributed by atoms with Crippen LogP contribution in [0.2, 0.25) is 0 Å². The average Bonchev–Trinajstić information content (AvgIpc) is 3.15. The first-order valence-corrected chi connectivity index (χ1v) is 8.96. The van der Waals surface area contributed by atoms with Crippen molar-refractivity contribution in [2.75, 3.05) is 36.8 Å². The highest BCUT2D eigenvalue weighted by Crippen LogP contribution is 2.26. The molecular formula is C17H27ClN6O2. The van der Waals surface area contributed by atoms with Gasteiger partial charge in [0.2, 0.25) is 11.8 Å². The zero-order valence-electron chi connectivity index (χ0n) is 15.1. The predicted molar refractivity (Wildman–Crippen MR) is 102 cm³/mol. The van der Waals surface area contributed by atoms with Crippen molar-refractivity contribution in [3.8, 4) is 0 Å². The molecule has 9 heteroatoms. The van der Waals surface area contributed by atoms with Crippen molar-refractivity contribution in [1.29, 1.82) is 0 Å². The third kappa shape index (κ3) is 4.75.